The molecule has 0 unspecified atom stereocenters. The monoisotopic (exact) mass is 203 g/mol. The number of fused-ring (bicyclic) bond motifs is 1. The molecule has 0 aliphatic carbocycles. The molecule has 0 atom stereocenters. The van der Waals surface area contributed by atoms with Gasteiger partial charge >= 0.3 is 0 Å². The fraction of sp³-hybridized carbons (Fsp3) is 0.417. The van der Waals surface area contributed by atoms with Crippen molar-refractivity contribution in [1.29, 1.82) is 0 Å². The maximum Gasteiger partial charge on any atom is 0.107 e. The van der Waals surface area contributed by atoms with Gasteiger partial charge in [-0.3, -0.25) is 0 Å². The van der Waals surface area contributed by atoms with Crippen LogP contribution in [0.5, 0.6) is 0 Å². The molecule has 0 saturated carbocycles. The number of nitrogens with two attached hydrogens (primary N) is 1. The van der Waals surface area contributed by atoms with Crippen LogP contribution >= 0.6 is 0 Å². The summed E-state index contributed by atoms with van der Waals surface area (Å²) in [5.41, 5.74) is 8.90. The summed E-state index contributed by atoms with van der Waals surface area (Å²) in [6.45, 7) is 4.93. The second kappa shape index (κ2) is 4.03. The molecule has 80 valence electrons. The molecule has 2 aromatic rings. The Labute approximate surface area is 89.7 Å². The summed E-state index contributed by atoms with van der Waals surface area (Å²) >= 11 is 0. The minimum absolute atomic E-state index is 0.545. The highest BCUT2D eigenvalue weighted by atomic mass is 14.9. The lowest BCUT2D eigenvalue weighted by molar-refractivity contribution is 0.627. The summed E-state index contributed by atoms with van der Waals surface area (Å²) in [4.78, 5) is 7.92. The largest absolute Gasteiger partial charge is 0.342 e. The van der Waals surface area contributed by atoms with E-state index >= 15 is 0 Å². The van der Waals surface area contributed by atoms with Crippen molar-refractivity contribution < 1.29 is 0 Å². The van der Waals surface area contributed by atoms with Crippen LogP contribution in [-0.4, -0.2) is 9.97 Å². The normalized spacial score (nSPS) is 11.5. The number of imidazole rings is 1. The predicted octanol–water partition coefficient (Wildman–Crippen LogP) is 2.22. The molecule has 3 heteroatoms. The van der Waals surface area contributed by atoms with Crippen molar-refractivity contribution >= 4 is 11.0 Å². The molecule has 1 aromatic heterocycles. The van der Waals surface area contributed by atoms with Crippen LogP contribution in [0.15, 0.2) is 18.2 Å². The van der Waals surface area contributed by atoms with Crippen molar-refractivity contribution in [2.24, 2.45) is 11.7 Å². The quantitative estimate of drug-likeness (QED) is 0.803. The van der Waals surface area contributed by atoms with Gasteiger partial charge < -0.3 is 10.7 Å². The number of nitrogens with zero attached hydrogens (tertiary/aromatic N) is 1. The van der Waals surface area contributed by atoms with Crippen molar-refractivity contribution in [3.05, 3.63) is 29.6 Å². The number of nitrogens with one attached hydrogen (secondary N) is 1. The SMILES string of the molecule is CC(C)Cc1nc2c(CN)cccc2[nH]1. The van der Waals surface area contributed by atoms with Gasteiger partial charge in [-0.05, 0) is 17.5 Å². The minimum atomic E-state index is 0.545. The fourth-order valence-corrected chi connectivity index (χ4v) is 1.79. The molecule has 2 rings (SSSR count). The van der Waals surface area contributed by atoms with Crippen LogP contribution in [0.4, 0.5) is 0 Å². The summed E-state index contributed by atoms with van der Waals surface area (Å²) in [6, 6.07) is 6.09. The van der Waals surface area contributed by atoms with Crippen LogP contribution in [-0.2, 0) is 13.0 Å². The number of hydrogen-bond acceptors (Lipinski definition) is 2. The van der Waals surface area contributed by atoms with Crippen LogP contribution in [0.3, 0.4) is 0 Å². The van der Waals surface area contributed by atoms with Crippen LogP contribution < -0.4 is 5.73 Å². The van der Waals surface area contributed by atoms with E-state index in [1.807, 2.05) is 18.2 Å². The molecule has 0 saturated heterocycles. The fourth-order valence-electron chi connectivity index (χ4n) is 1.79. The Morgan fingerprint density at radius 2 is 2.20 bits per heavy atom. The van der Waals surface area contributed by atoms with E-state index in [4.69, 9.17) is 5.73 Å². The average molecular weight is 203 g/mol. The third kappa shape index (κ3) is 2.02. The Balaban J connectivity index is 2.45. The third-order valence-corrected chi connectivity index (χ3v) is 2.47. The summed E-state index contributed by atoms with van der Waals surface area (Å²) < 4.78 is 0. The van der Waals surface area contributed by atoms with Crippen molar-refractivity contribution in [1.82, 2.24) is 9.97 Å². The highest BCUT2D eigenvalue weighted by Crippen LogP contribution is 2.17. The molecular formula is C12H17N3. The van der Waals surface area contributed by atoms with E-state index in [0.29, 0.717) is 12.5 Å². The number of aromatic amines is 1. The van der Waals surface area contributed by atoms with E-state index in [2.05, 4.69) is 23.8 Å². The van der Waals surface area contributed by atoms with Gasteiger partial charge in [0.25, 0.3) is 0 Å². The van der Waals surface area contributed by atoms with Gasteiger partial charge in [-0.25, -0.2) is 4.98 Å². The van der Waals surface area contributed by atoms with Gasteiger partial charge in [-0.2, -0.15) is 0 Å². The number of rotatable bonds is 3. The molecule has 0 spiro atoms. The molecule has 0 aliphatic heterocycles. The Morgan fingerprint density at radius 3 is 2.87 bits per heavy atom. The van der Waals surface area contributed by atoms with Gasteiger partial charge in [-0.1, -0.05) is 26.0 Å². The van der Waals surface area contributed by atoms with Gasteiger partial charge in [0.05, 0.1) is 11.0 Å². The Kier molecular flexibility index (Phi) is 2.73. The molecule has 15 heavy (non-hydrogen) atoms. The number of benzene rings is 1. The number of H-pyrrole nitrogens is 1. The van der Waals surface area contributed by atoms with Crippen molar-refractivity contribution in [3.8, 4) is 0 Å². The maximum atomic E-state index is 5.67. The smallest absolute Gasteiger partial charge is 0.107 e. The molecule has 0 aliphatic rings. The molecular weight excluding hydrogens is 186 g/mol. The van der Waals surface area contributed by atoms with E-state index in [1.165, 1.54) is 0 Å². The first-order chi connectivity index (χ1) is 7.20. The zero-order valence-electron chi connectivity index (χ0n) is 9.25. The lowest BCUT2D eigenvalue weighted by Gasteiger charge is -1.98. The van der Waals surface area contributed by atoms with Crippen LogP contribution in [0.1, 0.15) is 25.2 Å². The zero-order valence-corrected chi connectivity index (χ0v) is 9.25. The van der Waals surface area contributed by atoms with Gasteiger partial charge in [0, 0.05) is 13.0 Å². The molecule has 0 radical (unpaired) electrons. The topological polar surface area (TPSA) is 54.7 Å². The Hall–Kier alpha value is -1.35. The zero-order chi connectivity index (χ0) is 10.8. The summed E-state index contributed by atoms with van der Waals surface area (Å²) in [5, 5.41) is 0. The molecule has 1 aromatic carbocycles. The van der Waals surface area contributed by atoms with Crippen molar-refractivity contribution in [3.63, 3.8) is 0 Å². The second-order valence-electron chi connectivity index (χ2n) is 4.30. The summed E-state index contributed by atoms with van der Waals surface area (Å²) in [5.74, 6) is 1.67. The van der Waals surface area contributed by atoms with Gasteiger partial charge in [0.2, 0.25) is 0 Å². The minimum Gasteiger partial charge on any atom is -0.342 e. The maximum absolute atomic E-state index is 5.67. The highest BCUT2D eigenvalue weighted by Gasteiger charge is 2.07. The molecule has 0 bridgehead atoms. The lowest BCUT2D eigenvalue weighted by atomic mass is 10.1. The Bertz CT molecular complexity index is 457. The van der Waals surface area contributed by atoms with Gasteiger partial charge in [-0.15, -0.1) is 0 Å². The first-order valence-corrected chi connectivity index (χ1v) is 5.37. The molecule has 0 fully saturated rings. The first-order valence-electron chi connectivity index (χ1n) is 5.37. The third-order valence-electron chi connectivity index (χ3n) is 2.47. The van der Waals surface area contributed by atoms with Crippen LogP contribution in [0.2, 0.25) is 0 Å². The van der Waals surface area contributed by atoms with E-state index in [1.54, 1.807) is 0 Å². The standard InChI is InChI=1S/C12H17N3/c1-8(2)6-11-14-10-5-3-4-9(7-13)12(10)15-11/h3-5,8H,6-7,13H2,1-2H3,(H,14,15). The molecule has 0 amide bonds. The van der Waals surface area contributed by atoms with E-state index < -0.39 is 0 Å². The summed E-state index contributed by atoms with van der Waals surface area (Å²) in [6.07, 6.45) is 0.985. The van der Waals surface area contributed by atoms with Crippen LogP contribution in [0.25, 0.3) is 11.0 Å². The van der Waals surface area contributed by atoms with Crippen molar-refractivity contribution in [2.45, 2.75) is 26.8 Å². The van der Waals surface area contributed by atoms with E-state index in [9.17, 15) is 0 Å². The number of aromatic nitrogens is 2. The predicted molar refractivity (Wildman–Crippen MR) is 62.5 cm³/mol. The molecule has 3 nitrogen and oxygen atoms in total. The van der Waals surface area contributed by atoms with Crippen molar-refractivity contribution in [2.75, 3.05) is 0 Å². The van der Waals surface area contributed by atoms with Gasteiger partial charge in [0.1, 0.15) is 5.82 Å². The molecule has 1 heterocycles. The van der Waals surface area contributed by atoms with E-state index in [-0.39, 0.29) is 0 Å². The van der Waals surface area contributed by atoms with Gasteiger partial charge in [0.15, 0.2) is 0 Å². The highest BCUT2D eigenvalue weighted by molar-refractivity contribution is 5.78. The number of hydrogen-bond donors (Lipinski definition) is 2. The number of para-hydroxylation sites is 1. The van der Waals surface area contributed by atoms with Crippen LogP contribution in [0, 0.1) is 5.92 Å². The second-order valence-corrected chi connectivity index (χ2v) is 4.30. The molecule has 3 N–H and O–H groups in total. The first kappa shape index (κ1) is 10.2. The average Bonchev–Trinajstić information content (AvgIpc) is 2.58. The summed E-state index contributed by atoms with van der Waals surface area (Å²) in [7, 11) is 0. The van der Waals surface area contributed by atoms with E-state index in [0.717, 1.165) is 28.8 Å². The lowest BCUT2D eigenvalue weighted by Crippen LogP contribution is -1.97. The Morgan fingerprint density at radius 1 is 1.40 bits per heavy atom.